The number of aliphatic hydroxyl groups is 1. The summed E-state index contributed by atoms with van der Waals surface area (Å²) in [6.45, 7) is 2.20. The number of aliphatic hydroxyl groups excluding tert-OH is 1. The molecule has 1 aromatic carbocycles. The average molecular weight is 289 g/mol. The Hall–Kier alpha value is -1.33. The van der Waals surface area contributed by atoms with Gasteiger partial charge < -0.3 is 9.67 Å². The van der Waals surface area contributed by atoms with Gasteiger partial charge >= 0.3 is 0 Å². The van der Waals surface area contributed by atoms with Crippen molar-refractivity contribution >= 4 is 11.8 Å². The first-order valence-electron chi connectivity index (χ1n) is 7.02. The van der Waals surface area contributed by atoms with Crippen molar-refractivity contribution in [1.29, 1.82) is 0 Å². The number of thioether (sulfide) groups is 1. The van der Waals surface area contributed by atoms with Crippen molar-refractivity contribution in [3.63, 3.8) is 0 Å². The number of hydrogen-bond donors (Lipinski definition) is 1. The third kappa shape index (κ3) is 2.88. The molecular weight excluding hydrogens is 270 g/mol. The second kappa shape index (κ2) is 5.97. The number of hydrogen-bond acceptors (Lipinski definition) is 4. The number of aromatic nitrogens is 3. The molecule has 0 aliphatic heterocycles. The number of nitrogens with zero attached hydrogens (tertiary/aromatic N) is 3. The van der Waals surface area contributed by atoms with E-state index in [0.717, 1.165) is 10.9 Å². The van der Waals surface area contributed by atoms with Crippen LogP contribution in [0.5, 0.6) is 0 Å². The second-order valence-electron chi connectivity index (χ2n) is 5.28. The second-order valence-corrected chi connectivity index (χ2v) is 6.27. The molecule has 2 aromatic rings. The largest absolute Gasteiger partial charge is 0.388 e. The summed E-state index contributed by atoms with van der Waals surface area (Å²) < 4.78 is 2.11. The molecular formula is C15H19N3OS. The van der Waals surface area contributed by atoms with Gasteiger partial charge in [0.25, 0.3) is 0 Å². The molecule has 0 saturated heterocycles. The molecule has 0 spiro atoms. The maximum absolute atomic E-state index is 9.33. The Morgan fingerprint density at radius 3 is 2.70 bits per heavy atom. The minimum absolute atomic E-state index is 0.0295. The van der Waals surface area contributed by atoms with Crippen LogP contribution in [0.1, 0.15) is 43.1 Å². The molecule has 0 amide bonds. The third-order valence-electron chi connectivity index (χ3n) is 3.62. The summed E-state index contributed by atoms with van der Waals surface area (Å²) in [5.41, 5.74) is 1.35. The molecule has 1 saturated carbocycles. The SMILES string of the molecule is CC(CSc1nnc(CO)n1C1CC1)c1ccccc1. The van der Waals surface area contributed by atoms with Crippen molar-refractivity contribution in [3.8, 4) is 0 Å². The van der Waals surface area contributed by atoms with E-state index in [9.17, 15) is 5.11 Å². The van der Waals surface area contributed by atoms with Crippen LogP contribution in [0.2, 0.25) is 0 Å². The van der Waals surface area contributed by atoms with Gasteiger partial charge in [-0.1, -0.05) is 49.0 Å². The van der Waals surface area contributed by atoms with Gasteiger partial charge in [0.1, 0.15) is 6.61 Å². The summed E-state index contributed by atoms with van der Waals surface area (Å²) in [5.74, 6) is 2.14. The van der Waals surface area contributed by atoms with Crippen LogP contribution in [0.15, 0.2) is 35.5 Å². The van der Waals surface area contributed by atoms with Gasteiger partial charge in [0, 0.05) is 11.8 Å². The van der Waals surface area contributed by atoms with Gasteiger partial charge in [-0.15, -0.1) is 10.2 Å². The van der Waals surface area contributed by atoms with Crippen LogP contribution in [0.25, 0.3) is 0 Å². The molecule has 1 aromatic heterocycles. The summed E-state index contributed by atoms with van der Waals surface area (Å²) in [4.78, 5) is 0. The van der Waals surface area contributed by atoms with Crippen LogP contribution in [0.4, 0.5) is 0 Å². The van der Waals surface area contributed by atoms with Gasteiger partial charge in [0.05, 0.1) is 0 Å². The van der Waals surface area contributed by atoms with Gasteiger partial charge in [0.2, 0.25) is 0 Å². The summed E-state index contributed by atoms with van der Waals surface area (Å²) in [6, 6.07) is 11.0. The fraction of sp³-hybridized carbons (Fsp3) is 0.467. The Labute approximate surface area is 123 Å². The molecule has 106 valence electrons. The Morgan fingerprint density at radius 2 is 2.05 bits per heavy atom. The highest BCUT2D eigenvalue weighted by Gasteiger charge is 2.29. The first kappa shape index (κ1) is 13.6. The predicted molar refractivity (Wildman–Crippen MR) is 79.8 cm³/mol. The molecule has 1 atom stereocenters. The Bertz CT molecular complexity index is 566. The molecule has 0 bridgehead atoms. The molecule has 3 rings (SSSR count). The van der Waals surface area contributed by atoms with E-state index in [4.69, 9.17) is 0 Å². The highest BCUT2D eigenvalue weighted by Crippen LogP contribution is 2.39. The first-order valence-corrected chi connectivity index (χ1v) is 8.00. The normalized spacial score (nSPS) is 16.3. The highest BCUT2D eigenvalue weighted by molar-refractivity contribution is 7.99. The van der Waals surface area contributed by atoms with Gasteiger partial charge in [0.15, 0.2) is 11.0 Å². The molecule has 1 aliphatic rings. The van der Waals surface area contributed by atoms with E-state index < -0.39 is 0 Å². The molecule has 1 heterocycles. The topological polar surface area (TPSA) is 50.9 Å². The van der Waals surface area contributed by atoms with Crippen LogP contribution < -0.4 is 0 Å². The first-order chi connectivity index (χ1) is 9.79. The lowest BCUT2D eigenvalue weighted by Crippen LogP contribution is -2.04. The third-order valence-corrected chi connectivity index (χ3v) is 4.82. The van der Waals surface area contributed by atoms with Crippen molar-refractivity contribution in [2.75, 3.05) is 5.75 Å². The smallest absolute Gasteiger partial charge is 0.191 e. The van der Waals surface area contributed by atoms with Crippen molar-refractivity contribution in [3.05, 3.63) is 41.7 Å². The quantitative estimate of drug-likeness (QED) is 0.831. The van der Waals surface area contributed by atoms with Crippen molar-refractivity contribution < 1.29 is 5.11 Å². The van der Waals surface area contributed by atoms with E-state index in [1.807, 2.05) is 6.07 Å². The zero-order valence-electron chi connectivity index (χ0n) is 11.6. The van der Waals surface area contributed by atoms with Crippen LogP contribution in [0.3, 0.4) is 0 Å². The monoisotopic (exact) mass is 289 g/mol. The van der Waals surface area contributed by atoms with Crippen LogP contribution in [-0.4, -0.2) is 25.6 Å². The molecule has 0 radical (unpaired) electrons. The van der Waals surface area contributed by atoms with Crippen molar-refractivity contribution in [2.24, 2.45) is 0 Å². The van der Waals surface area contributed by atoms with Gasteiger partial charge in [-0.05, 0) is 24.3 Å². The Morgan fingerprint density at radius 1 is 1.30 bits per heavy atom. The molecule has 5 heteroatoms. The minimum atomic E-state index is -0.0295. The zero-order chi connectivity index (χ0) is 13.9. The summed E-state index contributed by atoms with van der Waals surface area (Å²) >= 11 is 1.73. The Balaban J connectivity index is 1.68. The fourth-order valence-electron chi connectivity index (χ4n) is 2.29. The van der Waals surface area contributed by atoms with Gasteiger partial charge in [-0.3, -0.25) is 0 Å². The minimum Gasteiger partial charge on any atom is -0.388 e. The lowest BCUT2D eigenvalue weighted by Gasteiger charge is -2.12. The summed E-state index contributed by atoms with van der Waals surface area (Å²) in [5, 5.41) is 18.6. The van der Waals surface area contributed by atoms with Gasteiger partial charge in [-0.2, -0.15) is 0 Å². The van der Waals surface area contributed by atoms with Crippen molar-refractivity contribution in [2.45, 2.75) is 43.5 Å². The number of benzene rings is 1. The maximum Gasteiger partial charge on any atom is 0.191 e. The van der Waals surface area contributed by atoms with Crippen LogP contribution in [0, 0.1) is 0 Å². The van der Waals surface area contributed by atoms with E-state index in [1.54, 1.807) is 11.8 Å². The van der Waals surface area contributed by atoms with Gasteiger partial charge in [-0.25, -0.2) is 0 Å². The lowest BCUT2D eigenvalue weighted by atomic mass is 10.0. The van der Waals surface area contributed by atoms with E-state index in [0.29, 0.717) is 17.8 Å². The lowest BCUT2D eigenvalue weighted by molar-refractivity contribution is 0.263. The molecule has 20 heavy (non-hydrogen) atoms. The summed E-state index contributed by atoms with van der Waals surface area (Å²) in [7, 11) is 0. The summed E-state index contributed by atoms with van der Waals surface area (Å²) in [6.07, 6.45) is 2.35. The van der Waals surface area contributed by atoms with Crippen LogP contribution in [-0.2, 0) is 6.61 Å². The fourth-order valence-corrected chi connectivity index (χ4v) is 3.37. The van der Waals surface area contributed by atoms with E-state index >= 15 is 0 Å². The van der Waals surface area contributed by atoms with E-state index in [-0.39, 0.29) is 6.61 Å². The predicted octanol–water partition coefficient (Wildman–Crippen LogP) is 3.00. The molecule has 1 fully saturated rings. The molecule has 1 aliphatic carbocycles. The van der Waals surface area contributed by atoms with E-state index in [1.165, 1.54) is 18.4 Å². The standard InChI is InChI=1S/C15H19N3OS/c1-11(12-5-3-2-4-6-12)10-20-15-17-16-14(9-19)18(15)13-7-8-13/h2-6,11,13,19H,7-10H2,1H3. The van der Waals surface area contributed by atoms with E-state index in [2.05, 4.69) is 46.0 Å². The van der Waals surface area contributed by atoms with Crippen LogP contribution >= 0.6 is 11.8 Å². The zero-order valence-corrected chi connectivity index (χ0v) is 12.4. The Kier molecular flexibility index (Phi) is 4.08. The average Bonchev–Trinajstić information content (AvgIpc) is 3.25. The number of rotatable bonds is 6. The molecule has 4 nitrogen and oxygen atoms in total. The maximum atomic E-state index is 9.33. The van der Waals surface area contributed by atoms with Crippen molar-refractivity contribution in [1.82, 2.24) is 14.8 Å². The highest BCUT2D eigenvalue weighted by atomic mass is 32.2. The molecule has 1 unspecified atom stereocenters. The molecule has 1 N–H and O–H groups in total.